The number of rotatable bonds is 4. The van der Waals surface area contributed by atoms with Gasteiger partial charge < -0.3 is 10.3 Å². The van der Waals surface area contributed by atoms with Gasteiger partial charge in [-0.05, 0) is 22.0 Å². The molecule has 0 bridgehead atoms. The number of nitrogens with zero attached hydrogens (tertiary/aromatic N) is 3. The molecule has 0 aliphatic rings. The van der Waals surface area contributed by atoms with Crippen molar-refractivity contribution in [2.45, 2.75) is 6.54 Å². The number of nitrogens with two attached hydrogens (primary N) is 1. The van der Waals surface area contributed by atoms with E-state index in [-0.39, 0.29) is 0 Å². The first-order valence-electron chi connectivity index (χ1n) is 4.92. The molecule has 2 aromatic heterocycles. The maximum absolute atomic E-state index is 5.30. The number of hydrogen-bond donors (Lipinski definition) is 2. The molecule has 0 radical (unpaired) electrons. The normalized spacial score (nSPS) is 10.3. The third-order valence-electron chi connectivity index (χ3n) is 2.18. The minimum atomic E-state index is 0.557. The van der Waals surface area contributed by atoms with Crippen LogP contribution < -0.4 is 16.2 Å². The molecule has 0 aromatic carbocycles. The largest absolute Gasteiger partial charge is 0.353 e. The second-order valence-electron chi connectivity index (χ2n) is 3.49. The van der Waals surface area contributed by atoms with Crippen LogP contribution in [0.3, 0.4) is 0 Å². The fourth-order valence-electron chi connectivity index (χ4n) is 1.36. The molecule has 0 atom stereocenters. The first-order chi connectivity index (χ1) is 8.19. The first kappa shape index (κ1) is 12.3. The summed E-state index contributed by atoms with van der Waals surface area (Å²) < 4.78 is 1.11. The van der Waals surface area contributed by atoms with Gasteiger partial charge in [0.05, 0.1) is 18.9 Å². The van der Waals surface area contributed by atoms with E-state index in [1.54, 1.807) is 23.7 Å². The highest BCUT2D eigenvalue weighted by molar-refractivity contribution is 9.10. The van der Waals surface area contributed by atoms with E-state index in [2.05, 4.69) is 42.8 Å². The van der Waals surface area contributed by atoms with Crippen LogP contribution in [0.5, 0.6) is 0 Å². The molecule has 3 N–H and O–H groups in total. The maximum Gasteiger partial charge on any atom is 0.160 e. The summed E-state index contributed by atoms with van der Waals surface area (Å²) in [7, 11) is 1.97. The van der Waals surface area contributed by atoms with Crippen molar-refractivity contribution in [3.63, 3.8) is 0 Å². The lowest BCUT2D eigenvalue weighted by Crippen LogP contribution is -2.18. The lowest BCUT2D eigenvalue weighted by Gasteiger charge is -2.17. The molecule has 5 nitrogen and oxygen atoms in total. The van der Waals surface area contributed by atoms with Crippen LogP contribution in [0.4, 0.5) is 11.6 Å². The van der Waals surface area contributed by atoms with Crippen molar-refractivity contribution in [3.05, 3.63) is 33.2 Å². The molecule has 0 amide bonds. The molecule has 90 valence electrons. The van der Waals surface area contributed by atoms with Gasteiger partial charge in [0.2, 0.25) is 0 Å². The molecule has 7 heteroatoms. The number of nitrogens with one attached hydrogen (secondary N) is 1. The van der Waals surface area contributed by atoms with Gasteiger partial charge in [-0.3, -0.25) is 4.98 Å². The fourth-order valence-corrected chi connectivity index (χ4v) is 2.86. The fraction of sp³-hybridized carbons (Fsp3) is 0.200. The van der Waals surface area contributed by atoms with Gasteiger partial charge in [-0.15, -0.1) is 11.3 Å². The summed E-state index contributed by atoms with van der Waals surface area (Å²) in [5, 5.41) is 2.06. The van der Waals surface area contributed by atoms with Gasteiger partial charge in [0.1, 0.15) is 5.82 Å². The van der Waals surface area contributed by atoms with Crippen LogP contribution in [-0.2, 0) is 6.54 Å². The smallest absolute Gasteiger partial charge is 0.160 e. The summed E-state index contributed by atoms with van der Waals surface area (Å²) in [5.41, 5.74) is 2.49. The van der Waals surface area contributed by atoms with Crippen LogP contribution in [0.1, 0.15) is 4.88 Å². The van der Waals surface area contributed by atoms with E-state index in [4.69, 9.17) is 5.84 Å². The molecule has 0 saturated heterocycles. The Morgan fingerprint density at radius 2 is 2.35 bits per heavy atom. The Morgan fingerprint density at radius 3 is 3.00 bits per heavy atom. The molecule has 0 aliphatic heterocycles. The van der Waals surface area contributed by atoms with Gasteiger partial charge in [0.25, 0.3) is 0 Å². The Balaban J connectivity index is 2.11. The molecule has 0 fully saturated rings. The molecule has 0 saturated carbocycles. The van der Waals surface area contributed by atoms with Crippen LogP contribution in [0.2, 0.25) is 0 Å². The lowest BCUT2D eigenvalue weighted by molar-refractivity contribution is 0.903. The number of nitrogen functional groups attached to an aromatic ring is 1. The van der Waals surface area contributed by atoms with Gasteiger partial charge in [-0.25, -0.2) is 10.8 Å². The van der Waals surface area contributed by atoms with Crippen LogP contribution in [0, 0.1) is 0 Å². The topological polar surface area (TPSA) is 67.1 Å². The summed E-state index contributed by atoms with van der Waals surface area (Å²) >= 11 is 5.14. The van der Waals surface area contributed by atoms with E-state index in [9.17, 15) is 0 Å². The molecule has 0 aliphatic carbocycles. The molecule has 17 heavy (non-hydrogen) atoms. The summed E-state index contributed by atoms with van der Waals surface area (Å²) in [5.74, 6) is 6.64. The molecular weight excluding hydrogens is 302 g/mol. The third kappa shape index (κ3) is 3.15. The van der Waals surface area contributed by atoms with Crippen LogP contribution in [0.15, 0.2) is 28.3 Å². The molecule has 0 spiro atoms. The molecule has 0 unspecified atom stereocenters. The zero-order valence-corrected chi connectivity index (χ0v) is 11.6. The van der Waals surface area contributed by atoms with Gasteiger partial charge in [-0.1, -0.05) is 0 Å². The van der Waals surface area contributed by atoms with Crippen LogP contribution >= 0.6 is 27.3 Å². The van der Waals surface area contributed by atoms with Gasteiger partial charge in [-0.2, -0.15) is 0 Å². The number of halogens is 1. The Kier molecular flexibility index (Phi) is 3.93. The minimum absolute atomic E-state index is 0.557. The number of anilines is 2. The van der Waals surface area contributed by atoms with Crippen molar-refractivity contribution in [2.24, 2.45) is 5.84 Å². The number of thiophene rings is 1. The summed E-state index contributed by atoms with van der Waals surface area (Å²) in [6.07, 6.45) is 3.29. The Bertz CT molecular complexity index is 501. The monoisotopic (exact) mass is 313 g/mol. The first-order valence-corrected chi connectivity index (χ1v) is 6.59. The predicted octanol–water partition coefficient (Wildman–Crippen LogP) is 2.22. The van der Waals surface area contributed by atoms with E-state index >= 15 is 0 Å². The van der Waals surface area contributed by atoms with Crippen LogP contribution in [0.25, 0.3) is 0 Å². The molecular formula is C10H12BrN5S. The number of hydrazine groups is 1. The highest BCUT2D eigenvalue weighted by Gasteiger charge is 2.06. The number of aromatic nitrogens is 2. The SMILES string of the molecule is CN(Cc1cc(Br)cs1)c1cncc(NN)n1. The highest BCUT2D eigenvalue weighted by Crippen LogP contribution is 2.22. The minimum Gasteiger partial charge on any atom is -0.353 e. The quantitative estimate of drug-likeness (QED) is 0.669. The van der Waals surface area contributed by atoms with Crippen molar-refractivity contribution in [1.82, 2.24) is 9.97 Å². The van der Waals surface area contributed by atoms with E-state index in [0.717, 1.165) is 16.8 Å². The molecule has 2 aromatic rings. The van der Waals surface area contributed by atoms with Crippen molar-refractivity contribution in [2.75, 3.05) is 17.4 Å². The average Bonchev–Trinajstić information content (AvgIpc) is 2.75. The average molecular weight is 314 g/mol. The van der Waals surface area contributed by atoms with E-state index in [1.165, 1.54) is 4.88 Å². The van der Waals surface area contributed by atoms with E-state index < -0.39 is 0 Å². The van der Waals surface area contributed by atoms with E-state index in [0.29, 0.717) is 5.82 Å². The second kappa shape index (κ2) is 5.44. The summed E-state index contributed by atoms with van der Waals surface area (Å²) in [6, 6.07) is 2.10. The standard InChI is InChI=1S/C10H12BrN5S/c1-16(5-8-2-7(11)6-17-8)10-4-13-3-9(14-10)15-12/h2-4,6H,5,12H2,1H3,(H,14,15). The second-order valence-corrected chi connectivity index (χ2v) is 5.41. The third-order valence-corrected chi connectivity index (χ3v) is 3.86. The van der Waals surface area contributed by atoms with Crippen LogP contribution in [-0.4, -0.2) is 17.0 Å². The van der Waals surface area contributed by atoms with Crippen molar-refractivity contribution >= 4 is 38.9 Å². The maximum atomic E-state index is 5.30. The Morgan fingerprint density at radius 1 is 1.53 bits per heavy atom. The number of hydrogen-bond acceptors (Lipinski definition) is 6. The summed E-state index contributed by atoms with van der Waals surface area (Å²) in [4.78, 5) is 11.7. The zero-order valence-electron chi connectivity index (χ0n) is 9.22. The van der Waals surface area contributed by atoms with Crippen molar-refractivity contribution < 1.29 is 0 Å². The van der Waals surface area contributed by atoms with Gasteiger partial charge in [0, 0.05) is 21.8 Å². The molecule has 2 rings (SSSR count). The summed E-state index contributed by atoms with van der Waals surface area (Å²) in [6.45, 7) is 0.791. The van der Waals surface area contributed by atoms with E-state index in [1.807, 2.05) is 11.9 Å². The van der Waals surface area contributed by atoms with Gasteiger partial charge >= 0.3 is 0 Å². The lowest BCUT2D eigenvalue weighted by atomic mass is 10.4. The predicted molar refractivity (Wildman–Crippen MR) is 74.0 cm³/mol. The Labute approximate surface area is 112 Å². The van der Waals surface area contributed by atoms with Crippen molar-refractivity contribution in [3.8, 4) is 0 Å². The van der Waals surface area contributed by atoms with Crippen molar-refractivity contribution in [1.29, 1.82) is 0 Å². The Hall–Kier alpha value is -1.18. The highest BCUT2D eigenvalue weighted by atomic mass is 79.9. The molecule has 2 heterocycles. The zero-order chi connectivity index (χ0) is 12.3. The van der Waals surface area contributed by atoms with Gasteiger partial charge in [0.15, 0.2) is 5.82 Å².